The van der Waals surface area contributed by atoms with Crippen LogP contribution in [0, 0.1) is 34.5 Å². The first-order valence-corrected chi connectivity index (χ1v) is 9.29. The van der Waals surface area contributed by atoms with Gasteiger partial charge in [0.2, 0.25) is 0 Å². The average molecular weight is 299 g/mol. The zero-order valence-corrected chi connectivity index (χ0v) is 14.0. The van der Waals surface area contributed by atoms with Gasteiger partial charge in [-0.05, 0) is 91.4 Å². The Morgan fingerprint density at radius 3 is 2.77 bits per heavy atom. The van der Waals surface area contributed by atoms with Gasteiger partial charge in [-0.2, -0.15) is 0 Å². The van der Waals surface area contributed by atoms with Crippen molar-refractivity contribution >= 4 is 0 Å². The average Bonchev–Trinajstić information content (AvgIpc) is 2.89. The monoisotopic (exact) mass is 299 g/mol. The zero-order valence-electron chi connectivity index (χ0n) is 14.0. The Labute approximate surface area is 134 Å². The molecule has 0 radical (unpaired) electrons. The summed E-state index contributed by atoms with van der Waals surface area (Å²) in [5.74, 6) is 3.54. The summed E-state index contributed by atoms with van der Waals surface area (Å²) in [6.45, 7) is 5.08. The Bertz CT molecular complexity index is 535. The van der Waals surface area contributed by atoms with Crippen molar-refractivity contribution in [2.24, 2.45) is 39.6 Å². The van der Waals surface area contributed by atoms with Gasteiger partial charge in [-0.3, -0.25) is 0 Å². The molecule has 0 amide bonds. The van der Waals surface area contributed by atoms with E-state index in [2.05, 4.69) is 36.0 Å². The summed E-state index contributed by atoms with van der Waals surface area (Å²) in [6, 6.07) is 0.265. The second-order valence-corrected chi connectivity index (χ2v) is 8.97. The van der Waals surface area contributed by atoms with Gasteiger partial charge in [0.1, 0.15) is 0 Å². The van der Waals surface area contributed by atoms with E-state index >= 15 is 0 Å². The van der Waals surface area contributed by atoms with Crippen LogP contribution >= 0.6 is 0 Å². The molecule has 0 spiro atoms. The molecule has 4 aliphatic carbocycles. The second kappa shape index (κ2) is 5.03. The maximum atomic E-state index is 8.75. The fraction of sp³-hybridized carbons (Fsp3) is 0.895. The smallest absolute Gasteiger partial charge is 0.0377 e. The molecule has 4 aliphatic rings. The van der Waals surface area contributed by atoms with E-state index in [0.29, 0.717) is 10.8 Å². The molecule has 3 saturated carbocycles. The zero-order chi connectivity index (χ0) is 15.4. The van der Waals surface area contributed by atoms with Gasteiger partial charge in [0.25, 0.3) is 0 Å². The van der Waals surface area contributed by atoms with Crippen LogP contribution in [0.1, 0.15) is 65.2 Å². The molecule has 0 unspecified atom stereocenters. The largest absolute Gasteiger partial charge is 0.0906 e. The van der Waals surface area contributed by atoms with Crippen LogP contribution in [-0.4, -0.2) is 6.04 Å². The van der Waals surface area contributed by atoms with E-state index < -0.39 is 0 Å². The number of hydrogen-bond acceptors (Lipinski definition) is 1. The summed E-state index contributed by atoms with van der Waals surface area (Å²) in [4.78, 5) is 3.07. The fourth-order valence-electron chi connectivity index (χ4n) is 6.90. The third-order valence-corrected chi connectivity index (χ3v) is 8.18. The topological polar surface area (TPSA) is 48.8 Å². The van der Waals surface area contributed by atoms with Crippen LogP contribution < -0.4 is 0 Å². The lowest BCUT2D eigenvalue weighted by molar-refractivity contribution is -0.0995. The number of nitrogens with zero attached hydrogens (tertiary/aromatic N) is 3. The van der Waals surface area contributed by atoms with Crippen molar-refractivity contribution in [2.75, 3.05) is 0 Å². The molecule has 3 nitrogen and oxygen atoms in total. The van der Waals surface area contributed by atoms with Crippen molar-refractivity contribution in [3.8, 4) is 0 Å². The lowest BCUT2D eigenvalue weighted by Crippen LogP contribution is -2.53. The predicted octanol–water partition coefficient (Wildman–Crippen LogP) is 5.87. The van der Waals surface area contributed by atoms with Crippen molar-refractivity contribution in [1.82, 2.24) is 0 Å². The standard InChI is InChI=1S/C19H29N3/c1-18-9-3-4-16(18)15-6-5-13-12-14(21-22-20)7-11-19(13,2)17(15)8-10-18/h3,9,13-17H,4-8,10-12H2,1-2H3/t13-,14+,15+,16-,17-,18+,19-/m0/s1. The molecular formula is C19H29N3. The van der Waals surface area contributed by atoms with Gasteiger partial charge in [-0.15, -0.1) is 0 Å². The van der Waals surface area contributed by atoms with E-state index in [9.17, 15) is 0 Å². The van der Waals surface area contributed by atoms with E-state index in [-0.39, 0.29) is 6.04 Å². The lowest BCUT2D eigenvalue weighted by atomic mass is 9.45. The van der Waals surface area contributed by atoms with Crippen LogP contribution in [0.3, 0.4) is 0 Å². The maximum Gasteiger partial charge on any atom is 0.0377 e. The molecule has 3 fully saturated rings. The van der Waals surface area contributed by atoms with Gasteiger partial charge >= 0.3 is 0 Å². The minimum atomic E-state index is 0.265. The highest BCUT2D eigenvalue weighted by atomic mass is 15.1. The van der Waals surface area contributed by atoms with E-state index in [1.165, 1.54) is 38.5 Å². The minimum Gasteiger partial charge on any atom is -0.0906 e. The summed E-state index contributed by atoms with van der Waals surface area (Å²) < 4.78 is 0. The molecule has 0 N–H and O–H groups in total. The van der Waals surface area contributed by atoms with Crippen molar-refractivity contribution in [2.45, 2.75) is 71.3 Å². The molecule has 3 heteroatoms. The normalized spacial score (nSPS) is 53.1. The molecule has 7 atom stereocenters. The molecule has 22 heavy (non-hydrogen) atoms. The molecular weight excluding hydrogens is 270 g/mol. The highest BCUT2D eigenvalue weighted by Gasteiger charge is 2.56. The molecule has 0 aromatic heterocycles. The molecule has 0 saturated heterocycles. The minimum absolute atomic E-state index is 0.265. The highest BCUT2D eigenvalue weighted by Crippen LogP contribution is 2.65. The van der Waals surface area contributed by atoms with Crippen molar-refractivity contribution in [3.05, 3.63) is 22.6 Å². The number of rotatable bonds is 1. The lowest BCUT2D eigenvalue weighted by Gasteiger charge is -2.60. The third kappa shape index (κ3) is 1.98. The molecule has 0 aromatic carbocycles. The molecule has 0 bridgehead atoms. The molecule has 4 rings (SSSR count). The molecule has 0 heterocycles. The van der Waals surface area contributed by atoms with Gasteiger partial charge in [-0.25, -0.2) is 0 Å². The van der Waals surface area contributed by atoms with E-state index in [1.807, 2.05) is 0 Å². The summed E-state index contributed by atoms with van der Waals surface area (Å²) in [7, 11) is 0. The van der Waals surface area contributed by atoms with Crippen LogP contribution in [-0.2, 0) is 0 Å². The van der Waals surface area contributed by atoms with Gasteiger partial charge in [0.15, 0.2) is 0 Å². The summed E-state index contributed by atoms with van der Waals surface area (Å²) in [5, 5.41) is 4.04. The van der Waals surface area contributed by atoms with Crippen LogP contribution in [0.25, 0.3) is 10.4 Å². The maximum absolute atomic E-state index is 8.75. The van der Waals surface area contributed by atoms with Crippen LogP contribution in [0.15, 0.2) is 17.3 Å². The SMILES string of the molecule is C[C@]12CC[C@@H](N=[N+]=[N-])C[C@@H]1CC[C@H]1[C@@H]2CC[C@@]2(C)C=CC[C@@H]12. The molecule has 0 aliphatic heterocycles. The van der Waals surface area contributed by atoms with Gasteiger partial charge in [0.05, 0.1) is 0 Å². The third-order valence-electron chi connectivity index (χ3n) is 8.18. The second-order valence-electron chi connectivity index (χ2n) is 8.97. The Morgan fingerprint density at radius 2 is 1.95 bits per heavy atom. The number of hydrogen-bond donors (Lipinski definition) is 0. The van der Waals surface area contributed by atoms with Gasteiger partial charge in [0, 0.05) is 11.0 Å². The highest BCUT2D eigenvalue weighted by molar-refractivity contribution is 5.16. The fourth-order valence-corrected chi connectivity index (χ4v) is 6.90. The first kappa shape index (κ1) is 14.6. The Morgan fingerprint density at radius 1 is 1.09 bits per heavy atom. The van der Waals surface area contributed by atoms with Gasteiger partial charge < -0.3 is 0 Å². The Balaban J connectivity index is 1.58. The Kier molecular flexibility index (Phi) is 3.34. The van der Waals surface area contributed by atoms with Crippen LogP contribution in [0.2, 0.25) is 0 Å². The van der Waals surface area contributed by atoms with Crippen LogP contribution in [0.5, 0.6) is 0 Å². The summed E-state index contributed by atoms with van der Waals surface area (Å²) in [6.07, 6.45) is 15.4. The van der Waals surface area contributed by atoms with Crippen molar-refractivity contribution in [3.63, 3.8) is 0 Å². The number of allylic oxidation sites excluding steroid dienone is 2. The van der Waals surface area contributed by atoms with E-state index in [0.717, 1.165) is 36.5 Å². The molecule has 120 valence electrons. The van der Waals surface area contributed by atoms with E-state index in [1.54, 1.807) is 0 Å². The Hall–Kier alpha value is -0.950. The van der Waals surface area contributed by atoms with Crippen molar-refractivity contribution < 1.29 is 0 Å². The number of azide groups is 1. The quantitative estimate of drug-likeness (QED) is 0.251. The first-order valence-electron chi connectivity index (χ1n) is 9.29. The number of fused-ring (bicyclic) bond motifs is 5. The van der Waals surface area contributed by atoms with E-state index in [4.69, 9.17) is 5.53 Å². The first-order chi connectivity index (χ1) is 10.6. The molecule has 0 aromatic rings. The predicted molar refractivity (Wildman–Crippen MR) is 89.2 cm³/mol. The van der Waals surface area contributed by atoms with Crippen LogP contribution in [0.4, 0.5) is 0 Å². The van der Waals surface area contributed by atoms with Crippen molar-refractivity contribution in [1.29, 1.82) is 0 Å². The summed E-state index contributed by atoms with van der Waals surface area (Å²) in [5.41, 5.74) is 9.75. The van der Waals surface area contributed by atoms with Gasteiger partial charge in [-0.1, -0.05) is 31.1 Å². The summed E-state index contributed by atoms with van der Waals surface area (Å²) >= 11 is 0.